The van der Waals surface area contributed by atoms with Crippen LogP contribution in [0.25, 0.3) is 0 Å². The lowest BCUT2D eigenvalue weighted by Crippen LogP contribution is -2.37. The van der Waals surface area contributed by atoms with E-state index in [0.29, 0.717) is 38.2 Å². The molecule has 0 aromatic carbocycles. The van der Waals surface area contributed by atoms with Gasteiger partial charge in [0.15, 0.2) is 0 Å². The minimum Gasteiger partial charge on any atom is -0.378 e. The Morgan fingerprint density at radius 2 is 1.89 bits per heavy atom. The number of hydrogen-bond donors (Lipinski definition) is 2. The van der Waals surface area contributed by atoms with Crippen molar-refractivity contribution in [3.8, 4) is 0 Å². The molecule has 7 nitrogen and oxygen atoms in total. The lowest BCUT2D eigenvalue weighted by molar-refractivity contribution is 0.122. The molecule has 0 amide bonds. The molecule has 2 rings (SSSR count). The number of halogens is 2. The summed E-state index contributed by atoms with van der Waals surface area (Å²) in [4.78, 5) is 14.3. The van der Waals surface area contributed by atoms with Gasteiger partial charge in [-0.15, -0.1) is 0 Å². The van der Waals surface area contributed by atoms with E-state index in [1.807, 2.05) is 4.90 Å². The second-order valence-corrected chi connectivity index (χ2v) is 3.90. The van der Waals surface area contributed by atoms with E-state index in [1.54, 1.807) is 7.05 Å². The van der Waals surface area contributed by atoms with Crippen LogP contribution in [0.5, 0.6) is 0 Å². The highest BCUT2D eigenvalue weighted by molar-refractivity contribution is 5.43. The van der Waals surface area contributed by atoms with Crippen LogP contribution in [0.4, 0.5) is 26.6 Å². The van der Waals surface area contributed by atoms with Crippen LogP contribution in [0.2, 0.25) is 0 Å². The van der Waals surface area contributed by atoms with Gasteiger partial charge in [0.2, 0.25) is 17.8 Å². The fourth-order valence-corrected chi connectivity index (χ4v) is 1.63. The largest absolute Gasteiger partial charge is 0.378 e. The second kappa shape index (κ2) is 6.41. The Morgan fingerprint density at radius 3 is 2.53 bits per heavy atom. The maximum atomic E-state index is 12.2. The van der Waals surface area contributed by atoms with Crippen LogP contribution in [0.3, 0.4) is 0 Å². The third-order valence-corrected chi connectivity index (χ3v) is 2.56. The summed E-state index contributed by atoms with van der Waals surface area (Å²) in [5, 5.41) is 5.28. The minimum absolute atomic E-state index is 0.140. The van der Waals surface area contributed by atoms with E-state index >= 15 is 0 Å². The van der Waals surface area contributed by atoms with E-state index in [9.17, 15) is 8.78 Å². The highest BCUT2D eigenvalue weighted by Crippen LogP contribution is 2.14. The summed E-state index contributed by atoms with van der Waals surface area (Å²) >= 11 is 0. The molecule has 2 heterocycles. The molecule has 1 aromatic heterocycles. The Balaban J connectivity index is 2.14. The summed E-state index contributed by atoms with van der Waals surface area (Å²) in [6.45, 7) is 2.04. The van der Waals surface area contributed by atoms with Crippen LogP contribution in [-0.2, 0) is 4.74 Å². The van der Waals surface area contributed by atoms with E-state index in [4.69, 9.17) is 4.74 Å². The average molecular weight is 274 g/mol. The van der Waals surface area contributed by atoms with Gasteiger partial charge in [-0.2, -0.15) is 15.0 Å². The van der Waals surface area contributed by atoms with Crippen LogP contribution in [0.1, 0.15) is 0 Å². The van der Waals surface area contributed by atoms with Gasteiger partial charge in [0.25, 0.3) is 6.43 Å². The first-order chi connectivity index (χ1) is 9.19. The van der Waals surface area contributed by atoms with Crippen molar-refractivity contribution in [1.82, 2.24) is 15.0 Å². The first kappa shape index (κ1) is 13.7. The second-order valence-electron chi connectivity index (χ2n) is 3.90. The molecular weight excluding hydrogens is 258 g/mol. The van der Waals surface area contributed by atoms with E-state index in [0.717, 1.165) is 0 Å². The average Bonchev–Trinajstić information content (AvgIpc) is 2.45. The highest BCUT2D eigenvalue weighted by atomic mass is 19.3. The third kappa shape index (κ3) is 3.85. The number of morpholine rings is 1. The topological polar surface area (TPSA) is 75.2 Å². The van der Waals surface area contributed by atoms with Crippen molar-refractivity contribution in [2.24, 2.45) is 0 Å². The smallest absolute Gasteiger partial charge is 0.255 e. The molecule has 0 aliphatic carbocycles. The number of nitrogens with one attached hydrogen (secondary N) is 2. The lowest BCUT2D eigenvalue weighted by Gasteiger charge is -2.27. The summed E-state index contributed by atoms with van der Waals surface area (Å²) in [6, 6.07) is 0. The first-order valence-electron chi connectivity index (χ1n) is 5.97. The summed E-state index contributed by atoms with van der Waals surface area (Å²) < 4.78 is 29.6. The van der Waals surface area contributed by atoms with Gasteiger partial charge < -0.3 is 20.3 Å². The van der Waals surface area contributed by atoms with Crippen LogP contribution in [0, 0.1) is 0 Å². The fourth-order valence-electron chi connectivity index (χ4n) is 1.63. The van der Waals surface area contributed by atoms with Crippen LogP contribution in [0.15, 0.2) is 0 Å². The van der Waals surface area contributed by atoms with Crippen LogP contribution in [-0.4, -0.2) is 61.3 Å². The number of aromatic nitrogens is 3. The molecule has 0 unspecified atom stereocenters. The number of rotatable bonds is 5. The summed E-state index contributed by atoms with van der Waals surface area (Å²) in [5.74, 6) is 0.939. The Labute approximate surface area is 109 Å². The standard InChI is InChI=1S/C10H16F2N6O/c1-13-8-15-9(14-6-7(11)12)17-10(16-8)18-2-4-19-5-3-18/h7H,2-6H2,1H3,(H2,13,14,15,16,17). The maximum absolute atomic E-state index is 12.2. The molecule has 0 atom stereocenters. The molecular formula is C10H16F2N6O. The van der Waals surface area contributed by atoms with Gasteiger partial charge in [-0.05, 0) is 0 Å². The van der Waals surface area contributed by atoms with Crippen molar-refractivity contribution in [2.75, 3.05) is 55.4 Å². The van der Waals surface area contributed by atoms with Crippen molar-refractivity contribution < 1.29 is 13.5 Å². The molecule has 19 heavy (non-hydrogen) atoms. The highest BCUT2D eigenvalue weighted by Gasteiger charge is 2.16. The predicted octanol–water partition coefficient (Wildman–Crippen LogP) is 0.427. The van der Waals surface area contributed by atoms with Crippen molar-refractivity contribution >= 4 is 17.8 Å². The molecule has 0 radical (unpaired) electrons. The minimum atomic E-state index is -2.46. The Hall–Kier alpha value is -1.77. The molecule has 9 heteroatoms. The summed E-state index contributed by atoms with van der Waals surface area (Å²) in [6.07, 6.45) is -2.46. The normalized spacial score (nSPS) is 15.7. The van der Waals surface area contributed by atoms with E-state index < -0.39 is 13.0 Å². The van der Waals surface area contributed by atoms with Gasteiger partial charge >= 0.3 is 0 Å². The third-order valence-electron chi connectivity index (χ3n) is 2.56. The van der Waals surface area contributed by atoms with Gasteiger partial charge in [0.05, 0.1) is 19.8 Å². The molecule has 1 fully saturated rings. The number of alkyl halides is 2. The molecule has 1 aliphatic rings. The van der Waals surface area contributed by atoms with Gasteiger partial charge in [-0.3, -0.25) is 0 Å². The molecule has 1 aromatic rings. The first-order valence-corrected chi connectivity index (χ1v) is 5.97. The summed E-state index contributed by atoms with van der Waals surface area (Å²) in [5.41, 5.74) is 0. The zero-order valence-electron chi connectivity index (χ0n) is 10.6. The van der Waals surface area contributed by atoms with E-state index in [2.05, 4.69) is 25.6 Å². The van der Waals surface area contributed by atoms with Crippen molar-refractivity contribution in [3.63, 3.8) is 0 Å². The SMILES string of the molecule is CNc1nc(NCC(F)F)nc(N2CCOCC2)n1. The lowest BCUT2D eigenvalue weighted by atomic mass is 10.4. The molecule has 2 N–H and O–H groups in total. The van der Waals surface area contributed by atoms with Crippen molar-refractivity contribution in [2.45, 2.75) is 6.43 Å². The predicted molar refractivity (Wildman–Crippen MR) is 66.9 cm³/mol. The van der Waals surface area contributed by atoms with Crippen LogP contribution >= 0.6 is 0 Å². The van der Waals surface area contributed by atoms with E-state index in [1.165, 1.54) is 0 Å². The number of ether oxygens (including phenoxy) is 1. The molecule has 0 saturated carbocycles. The molecule has 0 bridgehead atoms. The van der Waals surface area contributed by atoms with Crippen molar-refractivity contribution in [3.05, 3.63) is 0 Å². The number of hydrogen-bond acceptors (Lipinski definition) is 7. The Bertz CT molecular complexity index is 413. The van der Waals surface area contributed by atoms with Crippen LogP contribution < -0.4 is 15.5 Å². The number of nitrogens with zero attached hydrogens (tertiary/aromatic N) is 4. The fraction of sp³-hybridized carbons (Fsp3) is 0.700. The molecule has 1 saturated heterocycles. The van der Waals surface area contributed by atoms with Gasteiger partial charge in [0.1, 0.15) is 0 Å². The van der Waals surface area contributed by atoms with Crippen molar-refractivity contribution in [1.29, 1.82) is 0 Å². The van der Waals surface area contributed by atoms with Gasteiger partial charge in [0, 0.05) is 20.1 Å². The molecule has 1 aliphatic heterocycles. The molecule has 0 spiro atoms. The summed E-state index contributed by atoms with van der Waals surface area (Å²) in [7, 11) is 1.66. The van der Waals surface area contributed by atoms with Gasteiger partial charge in [-0.25, -0.2) is 8.78 Å². The maximum Gasteiger partial charge on any atom is 0.255 e. The zero-order chi connectivity index (χ0) is 13.7. The Morgan fingerprint density at radius 1 is 1.21 bits per heavy atom. The zero-order valence-corrected chi connectivity index (χ0v) is 10.6. The van der Waals surface area contributed by atoms with Gasteiger partial charge in [-0.1, -0.05) is 0 Å². The van der Waals surface area contributed by atoms with E-state index in [-0.39, 0.29) is 5.95 Å². The quantitative estimate of drug-likeness (QED) is 0.806. The molecule has 106 valence electrons. The Kier molecular flexibility index (Phi) is 4.61. The number of anilines is 3. The monoisotopic (exact) mass is 274 g/mol.